The highest BCUT2D eigenvalue weighted by atomic mass is 16.5. The SMILES string of the molecule is COCC[C@@H]1CN(C(=O)c2ccc3ncccc3c2)CCO1. The van der Waals surface area contributed by atoms with E-state index in [0.717, 1.165) is 17.3 Å². The highest BCUT2D eigenvalue weighted by Crippen LogP contribution is 2.17. The van der Waals surface area contributed by atoms with Crippen molar-refractivity contribution in [2.24, 2.45) is 0 Å². The van der Waals surface area contributed by atoms with Gasteiger partial charge >= 0.3 is 0 Å². The molecule has 0 radical (unpaired) electrons. The van der Waals surface area contributed by atoms with Crippen molar-refractivity contribution in [1.29, 1.82) is 0 Å². The van der Waals surface area contributed by atoms with Crippen LogP contribution in [0.25, 0.3) is 10.9 Å². The quantitative estimate of drug-likeness (QED) is 0.868. The van der Waals surface area contributed by atoms with Gasteiger partial charge in [-0.15, -0.1) is 0 Å². The summed E-state index contributed by atoms with van der Waals surface area (Å²) in [4.78, 5) is 18.8. The Kier molecular flexibility index (Phi) is 4.65. The minimum atomic E-state index is 0.0523. The molecule has 2 heterocycles. The smallest absolute Gasteiger partial charge is 0.254 e. The molecule has 1 aliphatic heterocycles. The van der Waals surface area contributed by atoms with Gasteiger partial charge in [-0.2, -0.15) is 0 Å². The van der Waals surface area contributed by atoms with Gasteiger partial charge < -0.3 is 14.4 Å². The van der Waals surface area contributed by atoms with Crippen LogP contribution in [0.1, 0.15) is 16.8 Å². The Bertz CT molecular complexity index is 659. The standard InChI is InChI=1S/C17H20N2O3/c1-21-9-6-15-12-19(8-10-22-15)17(20)14-4-5-16-13(11-14)3-2-7-18-16/h2-5,7,11,15H,6,8-10,12H2,1H3/t15-/m1/s1. The van der Waals surface area contributed by atoms with Crippen LogP contribution >= 0.6 is 0 Å². The summed E-state index contributed by atoms with van der Waals surface area (Å²) in [6.07, 6.45) is 2.62. The number of hydrogen-bond donors (Lipinski definition) is 0. The van der Waals surface area contributed by atoms with Crippen LogP contribution in [0.15, 0.2) is 36.5 Å². The van der Waals surface area contributed by atoms with Crippen LogP contribution < -0.4 is 0 Å². The molecule has 116 valence electrons. The van der Waals surface area contributed by atoms with Crippen molar-refractivity contribution in [3.63, 3.8) is 0 Å². The van der Waals surface area contributed by atoms with Crippen molar-refractivity contribution >= 4 is 16.8 Å². The zero-order chi connectivity index (χ0) is 15.4. The summed E-state index contributed by atoms with van der Waals surface area (Å²) in [6.45, 7) is 2.48. The number of hydrogen-bond acceptors (Lipinski definition) is 4. The molecule has 0 saturated carbocycles. The Hall–Kier alpha value is -1.98. The van der Waals surface area contributed by atoms with Crippen molar-refractivity contribution in [3.8, 4) is 0 Å². The maximum atomic E-state index is 12.7. The molecule has 5 nitrogen and oxygen atoms in total. The largest absolute Gasteiger partial charge is 0.385 e. The number of ether oxygens (including phenoxy) is 2. The average molecular weight is 300 g/mol. The number of nitrogens with zero attached hydrogens (tertiary/aromatic N) is 2. The molecule has 0 aliphatic carbocycles. The van der Waals surface area contributed by atoms with Gasteiger partial charge in [0, 0.05) is 44.0 Å². The molecule has 1 fully saturated rings. The molecule has 1 aliphatic rings. The predicted molar refractivity (Wildman–Crippen MR) is 83.9 cm³/mol. The fraction of sp³-hybridized carbons (Fsp3) is 0.412. The number of benzene rings is 1. The fourth-order valence-electron chi connectivity index (χ4n) is 2.72. The maximum absolute atomic E-state index is 12.7. The Balaban J connectivity index is 1.74. The Labute approximate surface area is 129 Å². The molecule has 0 N–H and O–H groups in total. The van der Waals surface area contributed by atoms with Gasteiger partial charge in [-0.3, -0.25) is 9.78 Å². The number of pyridine rings is 1. The van der Waals surface area contributed by atoms with E-state index < -0.39 is 0 Å². The summed E-state index contributed by atoms with van der Waals surface area (Å²) in [5.41, 5.74) is 1.60. The van der Waals surface area contributed by atoms with Gasteiger partial charge in [-0.05, 0) is 30.7 Å². The number of carbonyl (C=O) groups excluding carboxylic acids is 1. The third-order valence-corrected chi connectivity index (χ3v) is 3.92. The van der Waals surface area contributed by atoms with Crippen molar-refractivity contribution in [1.82, 2.24) is 9.88 Å². The lowest BCUT2D eigenvalue weighted by atomic mass is 10.1. The van der Waals surface area contributed by atoms with Crippen LogP contribution in [0.3, 0.4) is 0 Å². The first kappa shape index (κ1) is 14.9. The topological polar surface area (TPSA) is 51.7 Å². The van der Waals surface area contributed by atoms with E-state index in [4.69, 9.17) is 9.47 Å². The minimum absolute atomic E-state index is 0.0523. The molecule has 0 unspecified atom stereocenters. The Morgan fingerprint density at radius 1 is 1.45 bits per heavy atom. The molecule has 0 bridgehead atoms. The zero-order valence-electron chi connectivity index (χ0n) is 12.7. The van der Waals surface area contributed by atoms with E-state index in [1.807, 2.05) is 35.2 Å². The molecule has 22 heavy (non-hydrogen) atoms. The summed E-state index contributed by atoms with van der Waals surface area (Å²) >= 11 is 0. The first-order valence-corrected chi connectivity index (χ1v) is 7.52. The third kappa shape index (κ3) is 3.26. The van der Waals surface area contributed by atoms with Crippen LogP contribution in [0, 0.1) is 0 Å². The second-order valence-electron chi connectivity index (χ2n) is 5.44. The van der Waals surface area contributed by atoms with Crippen LogP contribution in [-0.2, 0) is 9.47 Å². The number of fused-ring (bicyclic) bond motifs is 1. The van der Waals surface area contributed by atoms with E-state index >= 15 is 0 Å². The molecule has 1 aromatic carbocycles. The maximum Gasteiger partial charge on any atom is 0.254 e. The summed E-state index contributed by atoms with van der Waals surface area (Å²) in [5, 5.41) is 0.984. The first-order chi connectivity index (χ1) is 10.8. The zero-order valence-corrected chi connectivity index (χ0v) is 12.7. The van der Waals surface area contributed by atoms with Gasteiger partial charge in [0.15, 0.2) is 0 Å². The minimum Gasteiger partial charge on any atom is -0.385 e. The number of rotatable bonds is 4. The monoisotopic (exact) mass is 300 g/mol. The number of morpholine rings is 1. The number of aromatic nitrogens is 1. The molecular weight excluding hydrogens is 280 g/mol. The molecule has 3 rings (SSSR count). The summed E-state index contributed by atoms with van der Waals surface area (Å²) in [5.74, 6) is 0.0523. The summed E-state index contributed by atoms with van der Waals surface area (Å²) in [7, 11) is 1.68. The molecule has 1 saturated heterocycles. The third-order valence-electron chi connectivity index (χ3n) is 3.92. The van der Waals surface area contributed by atoms with Crippen LogP contribution in [0.2, 0.25) is 0 Å². The normalized spacial score (nSPS) is 18.6. The van der Waals surface area contributed by atoms with Crippen molar-refractivity contribution in [2.45, 2.75) is 12.5 Å². The molecule has 2 aromatic rings. The van der Waals surface area contributed by atoms with E-state index in [-0.39, 0.29) is 12.0 Å². The molecule has 1 aromatic heterocycles. The molecular formula is C17H20N2O3. The molecule has 1 amide bonds. The molecule has 0 spiro atoms. The van der Waals surface area contributed by atoms with E-state index in [1.54, 1.807) is 13.3 Å². The summed E-state index contributed by atoms with van der Waals surface area (Å²) < 4.78 is 10.8. The van der Waals surface area contributed by atoms with Gasteiger partial charge in [0.25, 0.3) is 5.91 Å². The van der Waals surface area contributed by atoms with Gasteiger partial charge in [0.2, 0.25) is 0 Å². The predicted octanol–water partition coefficient (Wildman–Crippen LogP) is 2.11. The van der Waals surface area contributed by atoms with Crippen LogP contribution in [-0.4, -0.2) is 55.3 Å². The average Bonchev–Trinajstić information content (AvgIpc) is 2.59. The second-order valence-corrected chi connectivity index (χ2v) is 5.44. The fourth-order valence-corrected chi connectivity index (χ4v) is 2.72. The van der Waals surface area contributed by atoms with Gasteiger partial charge in [0.1, 0.15) is 0 Å². The summed E-state index contributed by atoms with van der Waals surface area (Å²) in [6, 6.07) is 9.50. The van der Waals surface area contributed by atoms with Crippen LogP contribution in [0.4, 0.5) is 0 Å². The molecule has 1 atom stereocenters. The Morgan fingerprint density at radius 2 is 2.36 bits per heavy atom. The van der Waals surface area contributed by atoms with Crippen molar-refractivity contribution in [2.75, 3.05) is 33.4 Å². The lowest BCUT2D eigenvalue weighted by molar-refractivity contribution is -0.0332. The highest BCUT2D eigenvalue weighted by molar-refractivity contribution is 5.98. The molecule has 5 heteroatoms. The van der Waals surface area contributed by atoms with E-state index in [1.165, 1.54) is 0 Å². The lowest BCUT2D eigenvalue weighted by Crippen LogP contribution is -2.45. The van der Waals surface area contributed by atoms with Crippen LogP contribution in [0.5, 0.6) is 0 Å². The van der Waals surface area contributed by atoms with Gasteiger partial charge in [0.05, 0.1) is 18.2 Å². The van der Waals surface area contributed by atoms with E-state index in [9.17, 15) is 4.79 Å². The number of carbonyl (C=O) groups is 1. The van der Waals surface area contributed by atoms with Gasteiger partial charge in [-0.1, -0.05) is 6.07 Å². The number of methoxy groups -OCH3 is 1. The Morgan fingerprint density at radius 3 is 3.23 bits per heavy atom. The van der Waals surface area contributed by atoms with Crippen molar-refractivity contribution < 1.29 is 14.3 Å². The van der Waals surface area contributed by atoms with Gasteiger partial charge in [-0.25, -0.2) is 0 Å². The van der Waals surface area contributed by atoms with Crippen molar-refractivity contribution in [3.05, 3.63) is 42.1 Å². The first-order valence-electron chi connectivity index (χ1n) is 7.52. The van der Waals surface area contributed by atoms with E-state index in [2.05, 4.69) is 4.98 Å². The second kappa shape index (κ2) is 6.85. The highest BCUT2D eigenvalue weighted by Gasteiger charge is 2.24. The van der Waals surface area contributed by atoms with E-state index in [0.29, 0.717) is 31.9 Å². The lowest BCUT2D eigenvalue weighted by Gasteiger charge is -2.33. The number of amides is 1.